The molecule has 0 spiro atoms. The maximum Gasteiger partial charge on any atom is 0.162 e. The lowest BCUT2D eigenvalue weighted by atomic mass is 10.2. The molecule has 0 atom stereocenters. The highest BCUT2D eigenvalue weighted by atomic mass is 35.5. The van der Waals surface area contributed by atoms with E-state index < -0.39 is 0 Å². The fourth-order valence-corrected chi connectivity index (χ4v) is 4.72. The van der Waals surface area contributed by atoms with Crippen LogP contribution in [0.15, 0.2) is 133 Å². The third-order valence-electron chi connectivity index (χ3n) is 6.56. The van der Waals surface area contributed by atoms with Gasteiger partial charge in [0, 0.05) is 33.7 Å². The van der Waals surface area contributed by atoms with Crippen molar-refractivity contribution in [2.75, 3.05) is 12.4 Å². The van der Waals surface area contributed by atoms with Gasteiger partial charge in [-0.2, -0.15) is 0 Å². The van der Waals surface area contributed by atoms with Crippen molar-refractivity contribution in [3.63, 3.8) is 0 Å². The Balaban J connectivity index is 0.000000162. The number of fused-ring (bicyclic) bond motifs is 2. The summed E-state index contributed by atoms with van der Waals surface area (Å²) in [7, 11) is 1.66. The molecule has 0 fully saturated rings. The van der Waals surface area contributed by atoms with Gasteiger partial charge in [0.2, 0.25) is 0 Å². The number of benzene rings is 5. The van der Waals surface area contributed by atoms with Crippen molar-refractivity contribution in [3.05, 3.63) is 139 Å². The Kier molecular flexibility index (Phi) is 7.97. The minimum atomic E-state index is 0.495. The first-order chi connectivity index (χ1) is 20.7. The van der Waals surface area contributed by atoms with Crippen molar-refractivity contribution < 1.29 is 4.74 Å². The van der Waals surface area contributed by atoms with E-state index in [1.807, 2.05) is 133 Å². The number of ether oxygens (including phenoxy) is 1. The molecule has 0 aliphatic carbocycles. The average molecular weight is 568 g/mol. The molecule has 2 heterocycles. The second-order valence-corrected chi connectivity index (χ2v) is 9.72. The van der Waals surface area contributed by atoms with Gasteiger partial charge >= 0.3 is 0 Å². The molecular weight excluding hydrogens is 542 g/mol. The molecule has 0 radical (unpaired) electrons. The first-order valence-corrected chi connectivity index (χ1v) is 13.8. The van der Waals surface area contributed by atoms with E-state index in [1.54, 1.807) is 7.11 Å². The SMILES string of the molecule is COc1cccc(Nc2nc(-c3ccccc3)nc3ccccc23)c1.Clc1nc(-c2ccccc2)nc2ccccc12. The number of aromatic nitrogens is 4. The number of para-hydroxylation sites is 2. The molecule has 6 nitrogen and oxygen atoms in total. The molecular formula is C35H26ClN5O. The molecule has 0 unspecified atom stereocenters. The summed E-state index contributed by atoms with van der Waals surface area (Å²) >= 11 is 6.16. The van der Waals surface area contributed by atoms with Gasteiger partial charge in [0.25, 0.3) is 0 Å². The highest BCUT2D eigenvalue weighted by Crippen LogP contribution is 2.28. The van der Waals surface area contributed by atoms with Crippen LogP contribution in [-0.4, -0.2) is 27.0 Å². The van der Waals surface area contributed by atoms with Gasteiger partial charge in [-0.3, -0.25) is 0 Å². The van der Waals surface area contributed by atoms with Crippen LogP contribution in [0, 0.1) is 0 Å². The van der Waals surface area contributed by atoms with Crippen LogP contribution in [0.2, 0.25) is 5.15 Å². The Hall–Kier alpha value is -5.33. The van der Waals surface area contributed by atoms with E-state index in [1.165, 1.54) is 0 Å². The molecule has 0 saturated carbocycles. The van der Waals surface area contributed by atoms with Gasteiger partial charge in [-0.1, -0.05) is 103 Å². The molecule has 0 amide bonds. The van der Waals surface area contributed by atoms with Crippen LogP contribution in [0.4, 0.5) is 11.5 Å². The van der Waals surface area contributed by atoms with Gasteiger partial charge < -0.3 is 10.1 Å². The van der Waals surface area contributed by atoms with Gasteiger partial charge in [0.05, 0.1) is 18.1 Å². The molecule has 1 N–H and O–H groups in total. The molecule has 42 heavy (non-hydrogen) atoms. The summed E-state index contributed by atoms with van der Waals surface area (Å²) in [4.78, 5) is 18.3. The van der Waals surface area contributed by atoms with E-state index in [2.05, 4.69) is 15.3 Å². The summed E-state index contributed by atoms with van der Waals surface area (Å²) in [5, 5.41) is 5.76. The van der Waals surface area contributed by atoms with Crippen LogP contribution >= 0.6 is 11.6 Å². The monoisotopic (exact) mass is 567 g/mol. The van der Waals surface area contributed by atoms with Crippen LogP contribution < -0.4 is 10.1 Å². The molecule has 2 aromatic heterocycles. The summed E-state index contributed by atoms with van der Waals surface area (Å²) in [6, 6.07) is 43.3. The van der Waals surface area contributed by atoms with Crippen LogP contribution in [-0.2, 0) is 0 Å². The smallest absolute Gasteiger partial charge is 0.162 e. The van der Waals surface area contributed by atoms with E-state index in [0.29, 0.717) is 16.8 Å². The molecule has 7 heteroatoms. The molecule has 7 aromatic rings. The molecule has 0 aliphatic heterocycles. The van der Waals surface area contributed by atoms with E-state index >= 15 is 0 Å². The van der Waals surface area contributed by atoms with Crippen LogP contribution in [0.1, 0.15) is 0 Å². The second-order valence-electron chi connectivity index (χ2n) is 9.36. The maximum atomic E-state index is 6.16. The van der Waals surface area contributed by atoms with Gasteiger partial charge in [-0.05, 0) is 36.4 Å². The predicted octanol–water partition coefficient (Wildman–Crippen LogP) is 9.00. The number of rotatable bonds is 5. The Morgan fingerprint density at radius 2 is 1.10 bits per heavy atom. The predicted molar refractivity (Wildman–Crippen MR) is 171 cm³/mol. The van der Waals surface area contributed by atoms with Crippen LogP contribution in [0.25, 0.3) is 44.6 Å². The number of halogens is 1. The minimum Gasteiger partial charge on any atom is -0.497 e. The Labute approximate surface area is 248 Å². The fourth-order valence-electron chi connectivity index (χ4n) is 4.48. The molecule has 204 valence electrons. The Morgan fingerprint density at radius 1 is 0.548 bits per heavy atom. The van der Waals surface area contributed by atoms with Crippen LogP contribution in [0.3, 0.4) is 0 Å². The zero-order valence-electron chi connectivity index (χ0n) is 22.8. The number of nitrogens with zero attached hydrogens (tertiary/aromatic N) is 4. The summed E-state index contributed by atoms with van der Waals surface area (Å²) < 4.78 is 5.30. The highest BCUT2D eigenvalue weighted by Gasteiger charge is 2.10. The van der Waals surface area contributed by atoms with Crippen LogP contribution in [0.5, 0.6) is 5.75 Å². The first kappa shape index (κ1) is 26.9. The zero-order valence-corrected chi connectivity index (χ0v) is 23.5. The molecule has 0 bridgehead atoms. The molecule has 7 rings (SSSR count). The Morgan fingerprint density at radius 3 is 1.74 bits per heavy atom. The minimum absolute atomic E-state index is 0.495. The molecule has 0 aliphatic rings. The van der Waals surface area contributed by atoms with Crippen molar-refractivity contribution >= 4 is 44.9 Å². The summed E-state index contributed by atoms with van der Waals surface area (Å²) in [6.45, 7) is 0. The van der Waals surface area contributed by atoms with Crippen molar-refractivity contribution in [3.8, 4) is 28.5 Å². The van der Waals surface area contributed by atoms with Crippen molar-refractivity contribution in [1.29, 1.82) is 0 Å². The normalized spacial score (nSPS) is 10.6. The van der Waals surface area contributed by atoms with Crippen molar-refractivity contribution in [2.24, 2.45) is 0 Å². The number of hydrogen-bond donors (Lipinski definition) is 1. The topological polar surface area (TPSA) is 72.8 Å². The van der Waals surface area contributed by atoms with E-state index in [0.717, 1.165) is 50.2 Å². The second kappa shape index (κ2) is 12.5. The lowest BCUT2D eigenvalue weighted by Crippen LogP contribution is -1.99. The third kappa shape index (κ3) is 6.04. The zero-order chi connectivity index (χ0) is 28.7. The molecule has 0 saturated heterocycles. The summed E-state index contributed by atoms with van der Waals surface area (Å²) in [5.41, 5.74) is 4.65. The van der Waals surface area contributed by atoms with Gasteiger partial charge in [-0.15, -0.1) is 0 Å². The average Bonchev–Trinajstić information content (AvgIpc) is 3.06. The third-order valence-corrected chi connectivity index (χ3v) is 6.84. The fraction of sp³-hybridized carbons (Fsp3) is 0.0286. The summed E-state index contributed by atoms with van der Waals surface area (Å²) in [5.74, 6) is 2.93. The van der Waals surface area contributed by atoms with Crippen molar-refractivity contribution in [2.45, 2.75) is 0 Å². The summed E-state index contributed by atoms with van der Waals surface area (Å²) in [6.07, 6.45) is 0. The maximum absolute atomic E-state index is 6.16. The first-order valence-electron chi connectivity index (χ1n) is 13.4. The number of hydrogen-bond acceptors (Lipinski definition) is 6. The van der Waals surface area contributed by atoms with Gasteiger partial charge in [0.1, 0.15) is 16.7 Å². The highest BCUT2D eigenvalue weighted by molar-refractivity contribution is 6.34. The quantitative estimate of drug-likeness (QED) is 0.209. The largest absolute Gasteiger partial charge is 0.497 e. The molecule has 5 aromatic carbocycles. The number of anilines is 2. The lowest BCUT2D eigenvalue weighted by molar-refractivity contribution is 0.415. The lowest BCUT2D eigenvalue weighted by Gasteiger charge is -2.12. The number of nitrogens with one attached hydrogen (secondary N) is 1. The van der Waals surface area contributed by atoms with Crippen molar-refractivity contribution in [1.82, 2.24) is 19.9 Å². The van der Waals surface area contributed by atoms with E-state index in [-0.39, 0.29) is 0 Å². The number of methoxy groups -OCH3 is 1. The van der Waals surface area contributed by atoms with Gasteiger partial charge in [-0.25, -0.2) is 19.9 Å². The van der Waals surface area contributed by atoms with Gasteiger partial charge in [0.15, 0.2) is 11.6 Å². The van der Waals surface area contributed by atoms with E-state index in [4.69, 9.17) is 26.3 Å². The van der Waals surface area contributed by atoms with E-state index in [9.17, 15) is 0 Å². The standard InChI is InChI=1S/C21H17N3O.C14H9ClN2/c1-25-17-11-7-10-16(14-17)22-21-18-12-5-6-13-19(18)23-20(24-21)15-8-3-2-4-9-15;15-13-11-8-4-5-9-12(11)16-14(17-13)10-6-2-1-3-7-10/h2-14H,1H3,(H,22,23,24);1-9H. The Bertz CT molecular complexity index is 1970.